The summed E-state index contributed by atoms with van der Waals surface area (Å²) in [7, 11) is 0. The van der Waals surface area contributed by atoms with Crippen LogP contribution in [0.5, 0.6) is 5.75 Å². The SMILES string of the molecule is CCCOc1cccc(C(N)Cc2ccccc2Cl)c1. The monoisotopic (exact) mass is 289 g/mol. The Kier molecular flexibility index (Phi) is 5.45. The van der Waals surface area contributed by atoms with Crippen molar-refractivity contribution in [2.24, 2.45) is 5.73 Å². The Hall–Kier alpha value is -1.51. The summed E-state index contributed by atoms with van der Waals surface area (Å²) in [4.78, 5) is 0. The number of hydrogen-bond donors (Lipinski definition) is 1. The third-order valence-electron chi connectivity index (χ3n) is 3.16. The minimum absolute atomic E-state index is 0.0833. The summed E-state index contributed by atoms with van der Waals surface area (Å²) in [5, 5.41) is 0.765. The molecule has 3 heteroatoms. The van der Waals surface area contributed by atoms with Gasteiger partial charge >= 0.3 is 0 Å². The maximum atomic E-state index is 6.28. The lowest BCUT2D eigenvalue weighted by molar-refractivity contribution is 0.317. The molecule has 0 amide bonds. The zero-order valence-electron chi connectivity index (χ0n) is 11.7. The molecule has 2 aromatic rings. The summed E-state index contributed by atoms with van der Waals surface area (Å²) in [6.45, 7) is 2.82. The summed E-state index contributed by atoms with van der Waals surface area (Å²) in [6, 6.07) is 15.7. The molecule has 0 aliphatic carbocycles. The van der Waals surface area contributed by atoms with E-state index in [0.717, 1.165) is 41.3 Å². The van der Waals surface area contributed by atoms with Crippen LogP contribution in [-0.2, 0) is 6.42 Å². The molecule has 0 aliphatic rings. The molecule has 0 aliphatic heterocycles. The minimum atomic E-state index is -0.0833. The highest BCUT2D eigenvalue weighted by molar-refractivity contribution is 6.31. The van der Waals surface area contributed by atoms with Crippen LogP contribution < -0.4 is 10.5 Å². The lowest BCUT2D eigenvalue weighted by Gasteiger charge is -2.14. The van der Waals surface area contributed by atoms with Crippen LogP contribution in [0.3, 0.4) is 0 Å². The van der Waals surface area contributed by atoms with Crippen molar-refractivity contribution < 1.29 is 4.74 Å². The van der Waals surface area contributed by atoms with Crippen molar-refractivity contribution in [1.29, 1.82) is 0 Å². The second-order valence-electron chi connectivity index (χ2n) is 4.82. The van der Waals surface area contributed by atoms with Crippen molar-refractivity contribution in [3.05, 3.63) is 64.7 Å². The van der Waals surface area contributed by atoms with E-state index in [1.165, 1.54) is 0 Å². The molecular weight excluding hydrogens is 270 g/mol. The molecule has 106 valence electrons. The topological polar surface area (TPSA) is 35.2 Å². The van der Waals surface area contributed by atoms with Crippen LogP contribution in [0, 0.1) is 0 Å². The predicted octanol–water partition coefficient (Wildman–Crippen LogP) is 4.37. The standard InChI is InChI=1S/C17H20ClNO/c1-2-10-20-15-8-5-7-14(11-15)17(19)12-13-6-3-4-9-16(13)18/h3-9,11,17H,2,10,12,19H2,1H3. The van der Waals surface area contributed by atoms with Gasteiger partial charge in [0.15, 0.2) is 0 Å². The fourth-order valence-corrected chi connectivity index (χ4v) is 2.29. The van der Waals surface area contributed by atoms with Crippen molar-refractivity contribution in [3.8, 4) is 5.75 Å². The highest BCUT2D eigenvalue weighted by Gasteiger charge is 2.10. The van der Waals surface area contributed by atoms with Crippen molar-refractivity contribution in [1.82, 2.24) is 0 Å². The molecule has 0 saturated heterocycles. The molecule has 2 N–H and O–H groups in total. The first kappa shape index (κ1) is 14.9. The average Bonchev–Trinajstić information content (AvgIpc) is 2.48. The van der Waals surface area contributed by atoms with E-state index in [-0.39, 0.29) is 6.04 Å². The van der Waals surface area contributed by atoms with E-state index in [1.54, 1.807) is 0 Å². The van der Waals surface area contributed by atoms with Gasteiger partial charge in [-0.05, 0) is 42.2 Å². The van der Waals surface area contributed by atoms with Gasteiger partial charge in [-0.1, -0.05) is 48.9 Å². The molecule has 2 nitrogen and oxygen atoms in total. The van der Waals surface area contributed by atoms with Gasteiger partial charge in [-0.15, -0.1) is 0 Å². The van der Waals surface area contributed by atoms with Crippen LogP contribution in [0.25, 0.3) is 0 Å². The number of nitrogens with two attached hydrogens (primary N) is 1. The zero-order chi connectivity index (χ0) is 14.4. The average molecular weight is 290 g/mol. The van der Waals surface area contributed by atoms with E-state index >= 15 is 0 Å². The van der Waals surface area contributed by atoms with Gasteiger partial charge in [-0.25, -0.2) is 0 Å². The van der Waals surface area contributed by atoms with Gasteiger partial charge in [-0.2, -0.15) is 0 Å². The van der Waals surface area contributed by atoms with Crippen LogP contribution in [0.2, 0.25) is 5.02 Å². The van der Waals surface area contributed by atoms with Gasteiger partial charge < -0.3 is 10.5 Å². The molecule has 0 heterocycles. The van der Waals surface area contributed by atoms with E-state index in [2.05, 4.69) is 6.92 Å². The van der Waals surface area contributed by atoms with E-state index in [9.17, 15) is 0 Å². The molecule has 1 unspecified atom stereocenters. The molecule has 0 radical (unpaired) electrons. The highest BCUT2D eigenvalue weighted by atomic mass is 35.5. The molecule has 0 bridgehead atoms. The Bertz CT molecular complexity index is 556. The van der Waals surface area contributed by atoms with Crippen LogP contribution >= 0.6 is 11.6 Å². The van der Waals surface area contributed by atoms with E-state index in [4.69, 9.17) is 22.1 Å². The predicted molar refractivity (Wildman–Crippen MR) is 84.3 cm³/mol. The lowest BCUT2D eigenvalue weighted by atomic mass is 9.99. The largest absolute Gasteiger partial charge is 0.494 e. The van der Waals surface area contributed by atoms with E-state index in [0.29, 0.717) is 0 Å². The normalized spacial score (nSPS) is 12.2. The maximum absolute atomic E-state index is 6.28. The molecule has 0 spiro atoms. The van der Waals surface area contributed by atoms with Gasteiger partial charge in [-0.3, -0.25) is 0 Å². The maximum Gasteiger partial charge on any atom is 0.119 e. The first-order valence-electron chi connectivity index (χ1n) is 6.92. The number of rotatable bonds is 6. The quantitative estimate of drug-likeness (QED) is 0.857. The minimum Gasteiger partial charge on any atom is -0.494 e. The highest BCUT2D eigenvalue weighted by Crippen LogP contribution is 2.24. The van der Waals surface area contributed by atoms with E-state index in [1.807, 2.05) is 48.5 Å². The van der Waals surface area contributed by atoms with Crippen LogP contribution in [-0.4, -0.2) is 6.61 Å². The summed E-state index contributed by atoms with van der Waals surface area (Å²) < 4.78 is 5.64. The van der Waals surface area contributed by atoms with E-state index < -0.39 is 0 Å². The second kappa shape index (κ2) is 7.32. The Morgan fingerprint density at radius 3 is 2.70 bits per heavy atom. The van der Waals surface area contributed by atoms with Crippen LogP contribution in [0.1, 0.15) is 30.5 Å². The summed E-state index contributed by atoms with van der Waals surface area (Å²) >= 11 is 6.18. The number of ether oxygens (including phenoxy) is 1. The molecule has 2 aromatic carbocycles. The van der Waals surface area contributed by atoms with Gasteiger partial charge in [0.25, 0.3) is 0 Å². The Labute approximate surface area is 125 Å². The fraction of sp³-hybridized carbons (Fsp3) is 0.294. The van der Waals surface area contributed by atoms with Gasteiger partial charge in [0.1, 0.15) is 5.75 Å². The fourth-order valence-electron chi connectivity index (χ4n) is 2.07. The molecular formula is C17H20ClNO. The summed E-state index contributed by atoms with van der Waals surface area (Å²) in [5.74, 6) is 0.874. The van der Waals surface area contributed by atoms with Gasteiger partial charge in [0, 0.05) is 11.1 Å². The molecule has 1 atom stereocenters. The molecule has 0 fully saturated rings. The van der Waals surface area contributed by atoms with Crippen LogP contribution in [0.15, 0.2) is 48.5 Å². The summed E-state index contributed by atoms with van der Waals surface area (Å²) in [6.07, 6.45) is 1.72. The number of benzene rings is 2. The molecule has 2 rings (SSSR count). The molecule has 0 saturated carbocycles. The Morgan fingerprint density at radius 1 is 1.15 bits per heavy atom. The molecule has 0 aromatic heterocycles. The number of halogens is 1. The molecule has 20 heavy (non-hydrogen) atoms. The zero-order valence-corrected chi connectivity index (χ0v) is 12.4. The smallest absolute Gasteiger partial charge is 0.119 e. The first-order chi connectivity index (χ1) is 9.70. The first-order valence-corrected chi connectivity index (χ1v) is 7.30. The van der Waals surface area contributed by atoms with Crippen molar-refractivity contribution in [2.75, 3.05) is 6.61 Å². The lowest BCUT2D eigenvalue weighted by Crippen LogP contribution is -2.13. The summed E-state index contributed by atoms with van der Waals surface area (Å²) in [5.41, 5.74) is 8.42. The van der Waals surface area contributed by atoms with Gasteiger partial charge in [0.2, 0.25) is 0 Å². The Balaban J connectivity index is 2.09. The second-order valence-corrected chi connectivity index (χ2v) is 5.23. The van der Waals surface area contributed by atoms with Crippen molar-refractivity contribution >= 4 is 11.6 Å². The third-order valence-corrected chi connectivity index (χ3v) is 3.53. The number of hydrogen-bond acceptors (Lipinski definition) is 2. The van der Waals surface area contributed by atoms with Gasteiger partial charge in [0.05, 0.1) is 6.61 Å². The van der Waals surface area contributed by atoms with Crippen LogP contribution in [0.4, 0.5) is 0 Å². The Morgan fingerprint density at radius 2 is 1.95 bits per heavy atom. The van der Waals surface area contributed by atoms with Crippen molar-refractivity contribution in [2.45, 2.75) is 25.8 Å². The van der Waals surface area contributed by atoms with Crippen molar-refractivity contribution in [3.63, 3.8) is 0 Å². The third kappa shape index (κ3) is 3.99.